The van der Waals surface area contributed by atoms with Gasteiger partial charge >= 0.3 is 5.97 Å². The van der Waals surface area contributed by atoms with Crippen molar-refractivity contribution in [2.45, 2.75) is 25.8 Å². The zero-order valence-electron chi connectivity index (χ0n) is 10.0. The molecule has 0 aromatic rings. The van der Waals surface area contributed by atoms with Crippen LogP contribution in [0.3, 0.4) is 0 Å². The van der Waals surface area contributed by atoms with Crippen molar-refractivity contribution in [1.29, 1.82) is 0 Å². The summed E-state index contributed by atoms with van der Waals surface area (Å²) in [5.74, 6) is -0.0998. The third kappa shape index (κ3) is 4.18. The lowest BCUT2D eigenvalue weighted by Crippen LogP contribution is -2.50. The molecule has 1 fully saturated rings. The van der Waals surface area contributed by atoms with Crippen LogP contribution in [0.2, 0.25) is 0 Å². The van der Waals surface area contributed by atoms with E-state index in [2.05, 4.69) is 28.5 Å². The van der Waals surface area contributed by atoms with Gasteiger partial charge in [-0.2, -0.15) is 0 Å². The molecule has 1 aliphatic rings. The van der Waals surface area contributed by atoms with E-state index in [0.717, 1.165) is 32.6 Å². The molecule has 0 N–H and O–H groups in total. The van der Waals surface area contributed by atoms with Gasteiger partial charge in [-0.05, 0) is 26.9 Å². The lowest BCUT2D eigenvalue weighted by atomic mass is 10.2. The summed E-state index contributed by atoms with van der Waals surface area (Å²) in [5, 5.41) is 0. The number of methoxy groups -OCH3 is 1. The normalized spacial score (nSPS) is 24.1. The van der Waals surface area contributed by atoms with Crippen molar-refractivity contribution < 1.29 is 9.53 Å². The summed E-state index contributed by atoms with van der Waals surface area (Å²) >= 11 is 0. The van der Waals surface area contributed by atoms with E-state index in [1.165, 1.54) is 7.11 Å². The first kappa shape index (κ1) is 12.5. The van der Waals surface area contributed by atoms with E-state index in [4.69, 9.17) is 0 Å². The molecule has 0 aliphatic carbocycles. The highest BCUT2D eigenvalue weighted by Gasteiger charge is 2.19. The maximum Gasteiger partial charge on any atom is 0.305 e. The standard InChI is InChI=1S/C11H22N2O2/c1-10-9-13(8-7-12(10)2)6-4-5-11(14)15-3/h10H,4-9H2,1-3H3. The van der Waals surface area contributed by atoms with Gasteiger partial charge in [0.1, 0.15) is 0 Å². The van der Waals surface area contributed by atoms with E-state index >= 15 is 0 Å². The zero-order valence-corrected chi connectivity index (χ0v) is 10.0. The van der Waals surface area contributed by atoms with Gasteiger partial charge in [0.2, 0.25) is 0 Å². The van der Waals surface area contributed by atoms with Gasteiger partial charge in [-0.3, -0.25) is 4.79 Å². The van der Waals surface area contributed by atoms with Gasteiger partial charge in [0.05, 0.1) is 7.11 Å². The first-order valence-electron chi connectivity index (χ1n) is 5.63. The third-order valence-electron chi connectivity index (χ3n) is 3.13. The average molecular weight is 214 g/mol. The number of ether oxygens (including phenoxy) is 1. The van der Waals surface area contributed by atoms with E-state index in [9.17, 15) is 4.79 Å². The summed E-state index contributed by atoms with van der Waals surface area (Å²) in [6, 6.07) is 0.622. The summed E-state index contributed by atoms with van der Waals surface area (Å²) in [7, 11) is 3.61. The molecule has 88 valence electrons. The summed E-state index contributed by atoms with van der Waals surface area (Å²) in [6.07, 6.45) is 1.44. The van der Waals surface area contributed by atoms with E-state index in [1.807, 2.05) is 0 Å². The monoisotopic (exact) mass is 214 g/mol. The molecule has 15 heavy (non-hydrogen) atoms. The molecule has 0 radical (unpaired) electrons. The molecule has 0 bridgehead atoms. The smallest absolute Gasteiger partial charge is 0.305 e. The molecular formula is C11H22N2O2. The minimum Gasteiger partial charge on any atom is -0.469 e. The van der Waals surface area contributed by atoms with E-state index in [-0.39, 0.29) is 5.97 Å². The van der Waals surface area contributed by atoms with Crippen LogP contribution in [0.25, 0.3) is 0 Å². The first-order valence-corrected chi connectivity index (χ1v) is 5.63. The molecule has 0 aromatic carbocycles. The molecule has 0 aromatic heterocycles. The minimum absolute atomic E-state index is 0.0998. The maximum absolute atomic E-state index is 10.9. The number of likely N-dealkylation sites (N-methyl/N-ethyl adjacent to an activating group) is 1. The van der Waals surface area contributed by atoms with E-state index < -0.39 is 0 Å². The fourth-order valence-electron chi connectivity index (χ4n) is 1.88. The van der Waals surface area contributed by atoms with Gasteiger partial charge in [0, 0.05) is 32.1 Å². The first-order chi connectivity index (χ1) is 7.13. The number of rotatable bonds is 4. The Bertz CT molecular complexity index is 209. The van der Waals surface area contributed by atoms with Gasteiger partial charge in [-0.1, -0.05) is 0 Å². The molecule has 0 saturated carbocycles. The van der Waals surface area contributed by atoms with E-state index in [0.29, 0.717) is 12.5 Å². The summed E-state index contributed by atoms with van der Waals surface area (Å²) in [6.45, 7) is 6.60. The summed E-state index contributed by atoms with van der Waals surface area (Å²) in [4.78, 5) is 15.7. The lowest BCUT2D eigenvalue weighted by molar-refractivity contribution is -0.140. The van der Waals surface area contributed by atoms with Crippen LogP contribution in [0, 0.1) is 0 Å². The average Bonchev–Trinajstić information content (AvgIpc) is 2.23. The second-order valence-electron chi connectivity index (χ2n) is 4.31. The van der Waals surface area contributed by atoms with Crippen LogP contribution in [-0.2, 0) is 9.53 Å². The molecule has 4 nitrogen and oxygen atoms in total. The second-order valence-corrected chi connectivity index (χ2v) is 4.31. The van der Waals surface area contributed by atoms with Gasteiger partial charge in [0.15, 0.2) is 0 Å². The lowest BCUT2D eigenvalue weighted by Gasteiger charge is -2.37. The fraction of sp³-hybridized carbons (Fsp3) is 0.909. The number of esters is 1. The number of piperazine rings is 1. The van der Waals surface area contributed by atoms with Gasteiger partial charge in [0.25, 0.3) is 0 Å². The maximum atomic E-state index is 10.9. The Morgan fingerprint density at radius 2 is 2.20 bits per heavy atom. The number of carbonyl (C=O) groups is 1. The molecule has 1 rings (SSSR count). The zero-order chi connectivity index (χ0) is 11.3. The Kier molecular flexibility index (Phi) is 5.05. The minimum atomic E-state index is -0.0998. The molecular weight excluding hydrogens is 192 g/mol. The Morgan fingerprint density at radius 3 is 2.80 bits per heavy atom. The van der Waals surface area contributed by atoms with Crippen LogP contribution in [0.1, 0.15) is 19.8 Å². The quantitative estimate of drug-likeness (QED) is 0.641. The number of nitrogens with zero attached hydrogens (tertiary/aromatic N) is 2. The van der Waals surface area contributed by atoms with Gasteiger partial charge in [-0.25, -0.2) is 0 Å². The number of hydrogen-bond acceptors (Lipinski definition) is 4. The van der Waals surface area contributed by atoms with E-state index in [1.54, 1.807) is 0 Å². The highest BCUT2D eigenvalue weighted by molar-refractivity contribution is 5.69. The van der Waals surface area contributed by atoms with Crippen LogP contribution in [0.15, 0.2) is 0 Å². The molecule has 4 heteroatoms. The Hall–Kier alpha value is -0.610. The number of carbonyl (C=O) groups excluding carboxylic acids is 1. The highest BCUT2D eigenvalue weighted by Crippen LogP contribution is 2.07. The SMILES string of the molecule is COC(=O)CCCN1CCN(C)C(C)C1. The molecule has 1 heterocycles. The molecule has 1 aliphatic heterocycles. The van der Waals surface area contributed by atoms with Crippen molar-refractivity contribution in [2.24, 2.45) is 0 Å². The second kappa shape index (κ2) is 6.08. The predicted octanol–water partition coefficient (Wildman–Crippen LogP) is 0.575. The Balaban J connectivity index is 2.14. The van der Waals surface area contributed by atoms with Crippen molar-refractivity contribution in [1.82, 2.24) is 9.80 Å². The van der Waals surface area contributed by atoms with Gasteiger partial charge < -0.3 is 14.5 Å². The van der Waals surface area contributed by atoms with Crippen molar-refractivity contribution in [3.8, 4) is 0 Å². The molecule has 1 unspecified atom stereocenters. The number of hydrogen-bond donors (Lipinski definition) is 0. The van der Waals surface area contributed by atoms with Crippen LogP contribution in [-0.4, -0.2) is 62.1 Å². The van der Waals surface area contributed by atoms with Gasteiger partial charge in [-0.15, -0.1) is 0 Å². The summed E-state index contributed by atoms with van der Waals surface area (Å²) < 4.78 is 4.61. The molecule has 0 spiro atoms. The highest BCUT2D eigenvalue weighted by atomic mass is 16.5. The van der Waals surface area contributed by atoms with Crippen LogP contribution < -0.4 is 0 Å². The molecule has 1 atom stereocenters. The third-order valence-corrected chi connectivity index (χ3v) is 3.13. The molecule has 0 amide bonds. The Labute approximate surface area is 92.2 Å². The van der Waals surface area contributed by atoms with Crippen molar-refractivity contribution in [3.05, 3.63) is 0 Å². The Morgan fingerprint density at radius 1 is 1.47 bits per heavy atom. The van der Waals surface area contributed by atoms with Crippen LogP contribution in [0.4, 0.5) is 0 Å². The predicted molar refractivity (Wildman–Crippen MR) is 59.8 cm³/mol. The van der Waals surface area contributed by atoms with Crippen molar-refractivity contribution in [3.63, 3.8) is 0 Å². The fourth-order valence-corrected chi connectivity index (χ4v) is 1.88. The molecule has 1 saturated heterocycles. The topological polar surface area (TPSA) is 32.8 Å². The van der Waals surface area contributed by atoms with Crippen molar-refractivity contribution >= 4 is 5.97 Å². The largest absolute Gasteiger partial charge is 0.469 e. The summed E-state index contributed by atoms with van der Waals surface area (Å²) in [5.41, 5.74) is 0. The van der Waals surface area contributed by atoms with Crippen LogP contribution in [0.5, 0.6) is 0 Å². The van der Waals surface area contributed by atoms with Crippen molar-refractivity contribution in [2.75, 3.05) is 40.3 Å². The van der Waals surface area contributed by atoms with Crippen LogP contribution >= 0.6 is 0 Å².